The lowest BCUT2D eigenvalue weighted by atomic mass is 9.86. The predicted octanol–water partition coefficient (Wildman–Crippen LogP) is 6.32. The van der Waals surface area contributed by atoms with Crippen molar-refractivity contribution in [2.75, 3.05) is 14.2 Å². The maximum absolute atomic E-state index is 12.8. The summed E-state index contributed by atoms with van der Waals surface area (Å²) >= 11 is 0. The minimum Gasteiger partial charge on any atom is -0.497 e. The molecule has 2 heterocycles. The summed E-state index contributed by atoms with van der Waals surface area (Å²) in [6.45, 7) is 0. The maximum atomic E-state index is 12.8. The van der Waals surface area contributed by atoms with Gasteiger partial charge in [0.15, 0.2) is 0 Å². The smallest absolute Gasteiger partial charge is 0.249 e. The normalized spacial score (nSPS) is 11.2. The van der Waals surface area contributed by atoms with E-state index in [4.69, 9.17) is 30.9 Å². The van der Waals surface area contributed by atoms with Crippen molar-refractivity contribution in [1.29, 1.82) is 0 Å². The van der Waals surface area contributed by atoms with Gasteiger partial charge in [-0.1, -0.05) is 12.1 Å². The van der Waals surface area contributed by atoms with Crippen molar-refractivity contribution < 1.29 is 19.1 Å². The molecule has 0 spiro atoms. The van der Waals surface area contributed by atoms with Crippen LogP contribution in [0.1, 0.15) is 20.7 Å². The van der Waals surface area contributed by atoms with Crippen molar-refractivity contribution in [3.63, 3.8) is 0 Å². The van der Waals surface area contributed by atoms with Gasteiger partial charge in [-0.2, -0.15) is 0 Å². The van der Waals surface area contributed by atoms with Gasteiger partial charge in [-0.15, -0.1) is 0 Å². The van der Waals surface area contributed by atoms with E-state index in [1.54, 1.807) is 14.2 Å². The lowest BCUT2D eigenvalue weighted by Crippen LogP contribution is -2.17. The Labute approximate surface area is 263 Å². The van der Waals surface area contributed by atoms with Crippen LogP contribution in [0, 0.1) is 0 Å². The molecule has 0 aliphatic rings. The Morgan fingerprint density at radius 1 is 0.543 bits per heavy atom. The van der Waals surface area contributed by atoms with Gasteiger partial charge < -0.3 is 30.9 Å². The Morgan fingerprint density at radius 2 is 0.913 bits per heavy atom. The zero-order chi connectivity index (χ0) is 31.9. The fourth-order valence-corrected chi connectivity index (χ4v) is 5.71. The summed E-state index contributed by atoms with van der Waals surface area (Å²) in [6.07, 6.45) is 0. The maximum Gasteiger partial charge on any atom is 0.249 e. The third kappa shape index (κ3) is 4.97. The number of aromatic nitrogens is 4. The molecule has 0 aliphatic heterocycles. The number of fused-ring (bicyclic) bond motifs is 2. The van der Waals surface area contributed by atoms with Crippen molar-refractivity contribution in [2.45, 2.75) is 0 Å². The summed E-state index contributed by atoms with van der Waals surface area (Å²) in [4.78, 5) is 42.0. The molecule has 0 bridgehead atoms. The zero-order valence-corrected chi connectivity index (χ0v) is 24.9. The van der Waals surface area contributed by atoms with Crippen LogP contribution in [-0.2, 0) is 0 Å². The molecule has 7 rings (SSSR count). The molecule has 0 aliphatic carbocycles. The molecule has 46 heavy (non-hydrogen) atoms. The Balaban J connectivity index is 1.39. The summed E-state index contributed by atoms with van der Waals surface area (Å²) in [5.41, 5.74) is 19.2. The Kier molecular flexibility index (Phi) is 6.94. The highest BCUT2D eigenvalue weighted by Gasteiger charge is 2.23. The summed E-state index contributed by atoms with van der Waals surface area (Å²) < 4.78 is 10.6. The molecule has 2 aromatic heterocycles. The number of nitrogens with one attached hydrogen (secondary N) is 2. The van der Waals surface area contributed by atoms with Crippen LogP contribution >= 0.6 is 0 Å². The van der Waals surface area contributed by atoms with Crippen molar-refractivity contribution in [3.8, 4) is 56.5 Å². The molecule has 2 amide bonds. The Morgan fingerprint density at radius 3 is 1.26 bits per heavy atom. The molecular formula is C36H28N6O4. The van der Waals surface area contributed by atoms with E-state index in [9.17, 15) is 9.59 Å². The first-order valence-electron chi connectivity index (χ1n) is 14.4. The van der Waals surface area contributed by atoms with Gasteiger partial charge in [-0.3, -0.25) is 9.59 Å². The number of H-pyrrole nitrogens is 2. The first kappa shape index (κ1) is 28.4. The molecule has 0 saturated heterocycles. The fraction of sp³-hybridized carbons (Fsp3) is 0.0556. The molecule has 5 aromatic carbocycles. The number of aromatic amines is 2. The van der Waals surface area contributed by atoms with Crippen LogP contribution in [0.4, 0.5) is 0 Å². The topological polar surface area (TPSA) is 162 Å². The number of benzene rings is 5. The van der Waals surface area contributed by atoms with E-state index >= 15 is 0 Å². The number of rotatable bonds is 8. The SMILES string of the molecule is COc1ccc(-c2nc3cc(-c4c(C(N)=O)ccc(C(N)=O)c4-c4ccc5[nH]c(-c6ccc(OC)cc6)nc5c4)ccc3[nH]2)cc1. The molecule has 7 aromatic rings. The molecule has 0 unspecified atom stereocenters. The second-order valence-electron chi connectivity index (χ2n) is 10.7. The molecule has 6 N–H and O–H groups in total. The minimum absolute atomic E-state index is 0.242. The largest absolute Gasteiger partial charge is 0.497 e. The summed E-state index contributed by atoms with van der Waals surface area (Å²) in [6, 6.07) is 29.4. The Hall–Kier alpha value is -6.42. The number of ether oxygens (including phenoxy) is 2. The highest BCUT2D eigenvalue weighted by atomic mass is 16.5. The van der Waals surface area contributed by atoms with E-state index in [1.165, 1.54) is 12.1 Å². The van der Waals surface area contributed by atoms with E-state index in [0.717, 1.165) is 33.7 Å². The first-order valence-corrected chi connectivity index (χ1v) is 14.4. The summed E-state index contributed by atoms with van der Waals surface area (Å²) in [5.74, 6) is 1.55. The standard InChI is InChI=1S/C36H28N6O4/c1-45-23-9-3-19(4-10-23)35-39-27-15-7-21(17-29(27)41-35)31-25(33(37)43)13-14-26(34(38)44)32(31)22-8-16-28-30(18-22)42-36(40-28)20-5-11-24(46-2)12-6-20/h3-18H,1-2H3,(H2,37,43)(H2,38,44)(H,39,41)(H,40,42). The van der Waals surface area contributed by atoms with Gasteiger partial charge >= 0.3 is 0 Å². The lowest BCUT2D eigenvalue weighted by molar-refractivity contribution is 0.0989. The van der Waals surface area contributed by atoms with Gasteiger partial charge in [0.25, 0.3) is 0 Å². The van der Waals surface area contributed by atoms with Crippen LogP contribution < -0.4 is 20.9 Å². The zero-order valence-electron chi connectivity index (χ0n) is 24.9. The number of methoxy groups -OCH3 is 2. The number of imidazole rings is 2. The average molecular weight is 609 g/mol. The second kappa shape index (κ2) is 11.3. The van der Waals surface area contributed by atoms with Gasteiger partial charge in [0.1, 0.15) is 23.1 Å². The molecule has 10 nitrogen and oxygen atoms in total. The van der Waals surface area contributed by atoms with Gasteiger partial charge in [0, 0.05) is 33.4 Å². The molecule has 0 atom stereocenters. The highest BCUT2D eigenvalue weighted by Crippen LogP contribution is 2.40. The number of carbonyl (C=O) groups is 2. The van der Waals surface area contributed by atoms with Gasteiger partial charge in [-0.05, 0) is 96.1 Å². The minimum atomic E-state index is -0.643. The van der Waals surface area contributed by atoms with Crippen LogP contribution in [0.25, 0.3) is 67.1 Å². The first-order chi connectivity index (χ1) is 22.3. The van der Waals surface area contributed by atoms with E-state index in [1.807, 2.05) is 84.9 Å². The number of primary amides is 2. The van der Waals surface area contributed by atoms with Crippen LogP contribution in [0.2, 0.25) is 0 Å². The summed E-state index contributed by atoms with van der Waals surface area (Å²) in [7, 11) is 3.23. The van der Waals surface area contributed by atoms with Crippen LogP contribution in [0.5, 0.6) is 11.5 Å². The molecule has 0 saturated carbocycles. The van der Waals surface area contributed by atoms with Crippen LogP contribution in [0.15, 0.2) is 97.1 Å². The quantitative estimate of drug-likeness (QED) is 0.158. The number of hydrogen-bond acceptors (Lipinski definition) is 6. The van der Waals surface area contributed by atoms with Crippen molar-refractivity contribution >= 4 is 33.9 Å². The lowest BCUT2D eigenvalue weighted by Gasteiger charge is -2.17. The Bertz CT molecular complexity index is 2120. The van der Waals surface area contributed by atoms with Gasteiger partial charge in [0.05, 0.1) is 36.3 Å². The summed E-state index contributed by atoms with van der Waals surface area (Å²) in [5, 5.41) is 0. The monoisotopic (exact) mass is 608 g/mol. The number of nitrogens with zero attached hydrogens (tertiary/aromatic N) is 2. The molecule has 226 valence electrons. The average Bonchev–Trinajstić information content (AvgIpc) is 3.71. The molecule has 0 radical (unpaired) electrons. The van der Waals surface area contributed by atoms with Gasteiger partial charge in [0.2, 0.25) is 11.8 Å². The van der Waals surface area contributed by atoms with Gasteiger partial charge in [-0.25, -0.2) is 9.97 Å². The molecule has 0 fully saturated rings. The fourth-order valence-electron chi connectivity index (χ4n) is 5.71. The molecular weight excluding hydrogens is 580 g/mol. The molecule has 10 heteroatoms. The van der Waals surface area contributed by atoms with E-state index in [-0.39, 0.29) is 11.1 Å². The van der Waals surface area contributed by atoms with Crippen molar-refractivity contribution in [3.05, 3.63) is 108 Å². The highest BCUT2D eigenvalue weighted by molar-refractivity contribution is 6.11. The van der Waals surface area contributed by atoms with Crippen LogP contribution in [-0.4, -0.2) is 46.0 Å². The van der Waals surface area contributed by atoms with E-state index < -0.39 is 11.8 Å². The van der Waals surface area contributed by atoms with E-state index in [2.05, 4.69) is 9.97 Å². The van der Waals surface area contributed by atoms with Crippen molar-refractivity contribution in [2.24, 2.45) is 11.5 Å². The third-order valence-electron chi connectivity index (χ3n) is 8.01. The van der Waals surface area contributed by atoms with Crippen LogP contribution in [0.3, 0.4) is 0 Å². The number of amides is 2. The number of nitrogens with two attached hydrogens (primary N) is 2. The predicted molar refractivity (Wildman–Crippen MR) is 178 cm³/mol. The third-order valence-corrected chi connectivity index (χ3v) is 8.01. The van der Waals surface area contributed by atoms with Crippen molar-refractivity contribution in [1.82, 2.24) is 19.9 Å². The van der Waals surface area contributed by atoms with E-state index in [0.29, 0.717) is 44.9 Å². The number of carbonyl (C=O) groups excluding carboxylic acids is 2. The second-order valence-corrected chi connectivity index (χ2v) is 10.7. The number of hydrogen-bond donors (Lipinski definition) is 4.